The molecule has 0 unspecified atom stereocenters. The zero-order valence-corrected chi connectivity index (χ0v) is 29.9. The summed E-state index contributed by atoms with van der Waals surface area (Å²) in [4.78, 5) is 15.7. The van der Waals surface area contributed by atoms with Crippen molar-refractivity contribution in [2.24, 2.45) is 0 Å². The smallest absolute Gasteiger partial charge is 0.269 e. The van der Waals surface area contributed by atoms with E-state index in [0.717, 1.165) is 50.8 Å². The first-order valence-corrected chi connectivity index (χ1v) is 17.5. The first kappa shape index (κ1) is 34.0. The van der Waals surface area contributed by atoms with Crippen LogP contribution in [0.25, 0.3) is 0 Å². The predicted molar refractivity (Wildman–Crippen MR) is 215 cm³/mol. The second kappa shape index (κ2) is 14.8. The highest BCUT2D eigenvalue weighted by Crippen LogP contribution is 2.40. The number of nitro groups is 1. The second-order valence-electron chi connectivity index (χ2n) is 13.5. The van der Waals surface area contributed by atoms with E-state index in [2.05, 4.69) is 183 Å². The Morgan fingerprint density at radius 2 is 0.577 bits per heavy atom. The molecule has 256 valence electrons. The molecule has 0 fully saturated rings. The van der Waals surface area contributed by atoms with Crippen molar-refractivity contribution < 1.29 is 4.92 Å². The minimum Gasteiger partial charge on any atom is -0.311 e. The van der Waals surface area contributed by atoms with E-state index >= 15 is 0 Å². The van der Waals surface area contributed by atoms with Gasteiger partial charge in [-0.3, -0.25) is 10.1 Å². The van der Waals surface area contributed by atoms with Crippen LogP contribution in [0.2, 0.25) is 0 Å². The van der Waals surface area contributed by atoms with Gasteiger partial charge in [0.25, 0.3) is 5.69 Å². The zero-order valence-electron chi connectivity index (χ0n) is 29.9. The minimum atomic E-state index is -0.349. The summed E-state index contributed by atoms with van der Waals surface area (Å²) >= 11 is 0. The molecule has 0 aliphatic carbocycles. The van der Waals surface area contributed by atoms with Gasteiger partial charge in [0.2, 0.25) is 0 Å². The van der Waals surface area contributed by atoms with Gasteiger partial charge in [-0.25, -0.2) is 0 Å². The van der Waals surface area contributed by atoms with Crippen molar-refractivity contribution in [1.29, 1.82) is 0 Å². The van der Waals surface area contributed by atoms with Gasteiger partial charge < -0.3 is 9.80 Å². The minimum absolute atomic E-state index is 0.0758. The Morgan fingerprint density at radius 3 is 0.808 bits per heavy atom. The van der Waals surface area contributed by atoms with Crippen LogP contribution in [0.1, 0.15) is 44.9 Å². The molecule has 0 saturated carbocycles. The van der Waals surface area contributed by atoms with E-state index in [4.69, 9.17) is 0 Å². The molecule has 7 aromatic carbocycles. The number of rotatable bonds is 10. The number of hydrogen-bond donors (Lipinski definition) is 0. The van der Waals surface area contributed by atoms with Crippen molar-refractivity contribution in [3.8, 4) is 0 Å². The summed E-state index contributed by atoms with van der Waals surface area (Å²) in [7, 11) is 0. The molecule has 7 aromatic rings. The highest BCUT2D eigenvalue weighted by atomic mass is 16.6. The van der Waals surface area contributed by atoms with Crippen molar-refractivity contribution in [3.05, 3.63) is 219 Å². The number of benzene rings is 7. The number of hydrogen-bond acceptors (Lipinski definition) is 4. The molecule has 0 atom stereocenters. The van der Waals surface area contributed by atoms with Crippen LogP contribution < -0.4 is 9.80 Å². The summed E-state index contributed by atoms with van der Waals surface area (Å²) in [5.41, 5.74) is 14.5. The SMILES string of the molecule is Cc1ccc(N(c2ccc(C)cc2)c2ccc(C(c3ccc(N(c4ccc(C)cc4)c4ccc(C)cc4)cc3)c3ccc([N+](=O)[O-])cc3)cc2)cc1. The highest BCUT2D eigenvalue weighted by molar-refractivity contribution is 5.78. The van der Waals surface area contributed by atoms with Crippen molar-refractivity contribution in [2.45, 2.75) is 33.6 Å². The molecule has 0 spiro atoms. The van der Waals surface area contributed by atoms with E-state index in [0.29, 0.717) is 0 Å². The average molecular weight is 680 g/mol. The van der Waals surface area contributed by atoms with Crippen LogP contribution in [0.5, 0.6) is 0 Å². The van der Waals surface area contributed by atoms with Crippen LogP contribution in [0, 0.1) is 37.8 Å². The Hall–Kier alpha value is -6.46. The number of anilines is 6. The Bertz CT molecular complexity index is 2030. The zero-order chi connectivity index (χ0) is 36.2. The quantitative estimate of drug-likeness (QED) is 0.0820. The first-order chi connectivity index (χ1) is 25.2. The molecule has 0 N–H and O–H groups in total. The lowest BCUT2D eigenvalue weighted by Crippen LogP contribution is -2.11. The largest absolute Gasteiger partial charge is 0.311 e. The topological polar surface area (TPSA) is 49.6 Å². The number of non-ortho nitro benzene ring substituents is 1. The summed E-state index contributed by atoms with van der Waals surface area (Å²) < 4.78 is 0. The molecule has 5 nitrogen and oxygen atoms in total. The van der Waals surface area contributed by atoms with Gasteiger partial charge in [-0.05, 0) is 117 Å². The fourth-order valence-corrected chi connectivity index (χ4v) is 6.67. The van der Waals surface area contributed by atoms with Crippen molar-refractivity contribution in [1.82, 2.24) is 0 Å². The van der Waals surface area contributed by atoms with Crippen LogP contribution in [-0.2, 0) is 0 Å². The molecule has 5 heteroatoms. The van der Waals surface area contributed by atoms with Crippen LogP contribution in [0.3, 0.4) is 0 Å². The van der Waals surface area contributed by atoms with Gasteiger partial charge in [0.1, 0.15) is 0 Å². The molecule has 0 aliphatic rings. The molecular formula is C47H41N3O2. The maximum atomic E-state index is 11.6. The van der Waals surface area contributed by atoms with Gasteiger partial charge in [-0.2, -0.15) is 0 Å². The maximum absolute atomic E-state index is 11.6. The van der Waals surface area contributed by atoms with Crippen molar-refractivity contribution in [2.75, 3.05) is 9.80 Å². The monoisotopic (exact) mass is 679 g/mol. The summed E-state index contributed by atoms with van der Waals surface area (Å²) in [6, 6.07) is 58.6. The highest BCUT2D eigenvalue weighted by Gasteiger charge is 2.21. The lowest BCUT2D eigenvalue weighted by molar-refractivity contribution is -0.384. The van der Waals surface area contributed by atoms with Gasteiger partial charge in [0.05, 0.1) is 4.92 Å². The fraction of sp³-hybridized carbons (Fsp3) is 0.106. The summed E-state index contributed by atoms with van der Waals surface area (Å²) in [5.74, 6) is -0.150. The van der Waals surface area contributed by atoms with Crippen LogP contribution in [-0.4, -0.2) is 4.92 Å². The molecule has 0 aliphatic heterocycles. The van der Waals surface area contributed by atoms with Gasteiger partial charge in [0, 0.05) is 52.2 Å². The lowest BCUT2D eigenvalue weighted by Gasteiger charge is -2.27. The Balaban J connectivity index is 1.29. The maximum Gasteiger partial charge on any atom is 0.269 e. The summed E-state index contributed by atoms with van der Waals surface area (Å²) in [6.45, 7) is 8.40. The van der Waals surface area contributed by atoms with Crippen LogP contribution >= 0.6 is 0 Å². The van der Waals surface area contributed by atoms with Crippen molar-refractivity contribution >= 4 is 39.8 Å². The third-order valence-electron chi connectivity index (χ3n) is 9.58. The number of nitro benzene ring substituents is 1. The van der Waals surface area contributed by atoms with E-state index in [1.54, 1.807) is 12.1 Å². The van der Waals surface area contributed by atoms with E-state index in [-0.39, 0.29) is 16.5 Å². The molecule has 7 rings (SSSR count). The van der Waals surface area contributed by atoms with Gasteiger partial charge in [-0.1, -0.05) is 107 Å². The Kier molecular flexibility index (Phi) is 9.68. The summed E-state index contributed by atoms with van der Waals surface area (Å²) in [6.07, 6.45) is 0. The molecule has 0 aromatic heterocycles. The number of aryl methyl sites for hydroxylation is 4. The van der Waals surface area contributed by atoms with Crippen LogP contribution in [0.15, 0.2) is 170 Å². The van der Waals surface area contributed by atoms with Gasteiger partial charge in [-0.15, -0.1) is 0 Å². The summed E-state index contributed by atoms with van der Waals surface area (Å²) in [5, 5.41) is 11.6. The normalized spacial score (nSPS) is 11.0. The van der Waals surface area contributed by atoms with Gasteiger partial charge >= 0.3 is 0 Å². The fourth-order valence-electron chi connectivity index (χ4n) is 6.67. The second-order valence-corrected chi connectivity index (χ2v) is 13.5. The third kappa shape index (κ3) is 7.35. The third-order valence-corrected chi connectivity index (χ3v) is 9.58. The molecular weight excluding hydrogens is 639 g/mol. The average Bonchev–Trinajstić information content (AvgIpc) is 3.16. The molecule has 0 saturated heterocycles. The van der Waals surface area contributed by atoms with E-state index in [1.165, 1.54) is 22.3 Å². The lowest BCUT2D eigenvalue weighted by atomic mass is 9.85. The molecule has 0 bridgehead atoms. The molecule has 0 amide bonds. The molecule has 52 heavy (non-hydrogen) atoms. The standard InChI is InChI=1S/C47H41N3O2/c1-33-5-19-40(20-6-33)48(41-21-7-34(2)8-22-41)44-27-13-37(14-28-44)47(39-17-31-46(32-18-39)50(51)52)38-15-29-45(30-16-38)49(42-23-9-35(3)10-24-42)43-25-11-36(4)12-26-43/h5-32,47H,1-4H3. The van der Waals surface area contributed by atoms with E-state index in [1.807, 2.05) is 12.1 Å². The molecule has 0 radical (unpaired) electrons. The first-order valence-electron chi connectivity index (χ1n) is 17.5. The van der Waals surface area contributed by atoms with Crippen molar-refractivity contribution in [3.63, 3.8) is 0 Å². The predicted octanol–water partition coefficient (Wildman–Crippen LogP) is 12.9. The van der Waals surface area contributed by atoms with E-state index < -0.39 is 0 Å². The Morgan fingerprint density at radius 1 is 0.365 bits per heavy atom. The van der Waals surface area contributed by atoms with Gasteiger partial charge in [0.15, 0.2) is 0 Å². The molecule has 0 heterocycles. The van der Waals surface area contributed by atoms with Crippen LogP contribution in [0.4, 0.5) is 39.8 Å². The van der Waals surface area contributed by atoms with E-state index in [9.17, 15) is 10.1 Å². The number of nitrogens with zero attached hydrogens (tertiary/aromatic N) is 3. The Labute approximate surface area is 306 Å².